The molecule has 0 bridgehead atoms. The molecule has 0 atom stereocenters. The number of aryl methyl sites for hydroxylation is 1. The van der Waals surface area contributed by atoms with Gasteiger partial charge in [-0.2, -0.15) is 0 Å². The molecule has 3 nitrogen and oxygen atoms in total. The second kappa shape index (κ2) is 9.93. The van der Waals surface area contributed by atoms with E-state index in [2.05, 4.69) is 13.8 Å². The van der Waals surface area contributed by atoms with Gasteiger partial charge in [0.1, 0.15) is 18.1 Å². The molecule has 3 rings (SSSR count). The highest BCUT2D eigenvalue weighted by Crippen LogP contribution is 2.23. The predicted octanol–water partition coefficient (Wildman–Crippen LogP) is 6.60. The smallest absolute Gasteiger partial charge is 0.185 e. The summed E-state index contributed by atoms with van der Waals surface area (Å²) in [6.45, 7) is 6.71. The number of hydrogen-bond acceptors (Lipinski definition) is 3. The van der Waals surface area contributed by atoms with Crippen molar-refractivity contribution in [1.82, 2.24) is 0 Å². The molecule has 0 aliphatic heterocycles. The lowest BCUT2D eigenvalue weighted by molar-refractivity contribution is 0.104. The molecule has 0 unspecified atom stereocenters. The van der Waals surface area contributed by atoms with Gasteiger partial charge in [0.15, 0.2) is 5.78 Å². The fourth-order valence-corrected chi connectivity index (χ4v) is 3.11. The number of rotatable bonds is 8. The maximum Gasteiger partial charge on any atom is 0.185 e. The molecule has 154 valence electrons. The zero-order valence-electron chi connectivity index (χ0n) is 18.0. The Labute approximate surface area is 179 Å². The molecule has 0 heterocycles. The van der Waals surface area contributed by atoms with Crippen LogP contribution in [0.25, 0.3) is 6.08 Å². The summed E-state index contributed by atoms with van der Waals surface area (Å²) in [5.74, 6) is 2.00. The van der Waals surface area contributed by atoms with Gasteiger partial charge in [-0.25, -0.2) is 0 Å². The van der Waals surface area contributed by atoms with Crippen LogP contribution in [-0.2, 0) is 6.61 Å². The predicted molar refractivity (Wildman–Crippen MR) is 122 cm³/mol. The Kier molecular flexibility index (Phi) is 7.08. The standard InChI is InChI=1S/C27H28O3/c1-19(2)22-9-11-23(12-10-22)26(28)15-7-21-8-16-27(29-4)24(17-21)18-30-25-13-5-20(3)6-14-25/h5-17,19H,18H2,1-4H3/b15-7+. The van der Waals surface area contributed by atoms with Crippen LogP contribution in [0.2, 0.25) is 0 Å². The van der Waals surface area contributed by atoms with E-state index in [1.807, 2.05) is 79.7 Å². The molecule has 0 aliphatic carbocycles. The van der Waals surface area contributed by atoms with Gasteiger partial charge in [-0.3, -0.25) is 4.79 Å². The zero-order chi connectivity index (χ0) is 21.5. The lowest BCUT2D eigenvalue weighted by atomic mass is 10.00. The van der Waals surface area contributed by atoms with Gasteiger partial charge in [0, 0.05) is 11.1 Å². The van der Waals surface area contributed by atoms with E-state index < -0.39 is 0 Å². The number of allylic oxidation sites excluding steroid dienone is 1. The lowest BCUT2D eigenvalue weighted by Gasteiger charge is -2.11. The van der Waals surface area contributed by atoms with Crippen LogP contribution >= 0.6 is 0 Å². The second-order valence-corrected chi connectivity index (χ2v) is 7.65. The van der Waals surface area contributed by atoms with Crippen LogP contribution in [0.15, 0.2) is 72.8 Å². The van der Waals surface area contributed by atoms with E-state index in [1.54, 1.807) is 13.2 Å². The zero-order valence-corrected chi connectivity index (χ0v) is 18.0. The third-order valence-electron chi connectivity index (χ3n) is 5.01. The summed E-state index contributed by atoms with van der Waals surface area (Å²) in [5.41, 5.74) is 4.95. The van der Waals surface area contributed by atoms with Crippen molar-refractivity contribution in [3.63, 3.8) is 0 Å². The highest BCUT2D eigenvalue weighted by molar-refractivity contribution is 6.06. The molecule has 0 radical (unpaired) electrons. The number of ketones is 1. The molecular weight excluding hydrogens is 372 g/mol. The van der Waals surface area contributed by atoms with Crippen LogP contribution < -0.4 is 9.47 Å². The van der Waals surface area contributed by atoms with Crippen molar-refractivity contribution in [3.05, 3.63) is 101 Å². The highest BCUT2D eigenvalue weighted by Gasteiger charge is 2.07. The molecule has 30 heavy (non-hydrogen) atoms. The number of carbonyl (C=O) groups is 1. The molecule has 0 spiro atoms. The highest BCUT2D eigenvalue weighted by atomic mass is 16.5. The number of benzene rings is 3. The molecule has 0 saturated heterocycles. The first-order valence-electron chi connectivity index (χ1n) is 10.1. The van der Waals surface area contributed by atoms with Crippen LogP contribution in [0, 0.1) is 6.92 Å². The maximum atomic E-state index is 12.5. The Morgan fingerprint density at radius 2 is 1.67 bits per heavy atom. The van der Waals surface area contributed by atoms with Crippen molar-refractivity contribution in [2.24, 2.45) is 0 Å². The summed E-state index contributed by atoms with van der Waals surface area (Å²) in [7, 11) is 1.64. The molecule has 3 aromatic carbocycles. The quantitative estimate of drug-likeness (QED) is 0.315. The third kappa shape index (κ3) is 5.60. The minimum Gasteiger partial charge on any atom is -0.496 e. The van der Waals surface area contributed by atoms with Crippen LogP contribution in [-0.4, -0.2) is 12.9 Å². The summed E-state index contributed by atoms with van der Waals surface area (Å²) in [4.78, 5) is 12.5. The minimum absolute atomic E-state index is 0.0152. The largest absolute Gasteiger partial charge is 0.496 e. The molecule has 3 aromatic rings. The van der Waals surface area contributed by atoms with Crippen molar-refractivity contribution >= 4 is 11.9 Å². The topological polar surface area (TPSA) is 35.5 Å². The maximum absolute atomic E-state index is 12.5. The summed E-state index contributed by atoms with van der Waals surface area (Å²) >= 11 is 0. The molecule has 0 aromatic heterocycles. The van der Waals surface area contributed by atoms with E-state index in [-0.39, 0.29) is 5.78 Å². The van der Waals surface area contributed by atoms with E-state index in [1.165, 1.54) is 11.1 Å². The summed E-state index contributed by atoms with van der Waals surface area (Å²) < 4.78 is 11.4. The van der Waals surface area contributed by atoms with Gasteiger partial charge < -0.3 is 9.47 Å². The first kappa shape index (κ1) is 21.4. The van der Waals surface area contributed by atoms with Gasteiger partial charge in [-0.1, -0.05) is 68.0 Å². The summed E-state index contributed by atoms with van der Waals surface area (Å²) in [6, 6.07) is 21.6. The average Bonchev–Trinajstić information content (AvgIpc) is 2.77. The number of hydrogen-bond donors (Lipinski definition) is 0. The Morgan fingerprint density at radius 3 is 2.30 bits per heavy atom. The van der Waals surface area contributed by atoms with Crippen molar-refractivity contribution in [1.29, 1.82) is 0 Å². The van der Waals surface area contributed by atoms with Crippen molar-refractivity contribution in [2.75, 3.05) is 7.11 Å². The van der Waals surface area contributed by atoms with Gasteiger partial charge in [-0.05, 0) is 54.3 Å². The average molecular weight is 401 g/mol. The number of methoxy groups -OCH3 is 1. The number of carbonyl (C=O) groups excluding carboxylic acids is 1. The molecular formula is C27H28O3. The van der Waals surface area contributed by atoms with Gasteiger partial charge in [0.05, 0.1) is 7.11 Å². The second-order valence-electron chi connectivity index (χ2n) is 7.65. The van der Waals surface area contributed by atoms with Crippen molar-refractivity contribution < 1.29 is 14.3 Å². The van der Waals surface area contributed by atoms with Gasteiger partial charge in [0.2, 0.25) is 0 Å². The summed E-state index contributed by atoms with van der Waals surface area (Å²) in [6.07, 6.45) is 3.43. The van der Waals surface area contributed by atoms with Crippen LogP contribution in [0.5, 0.6) is 11.5 Å². The minimum atomic E-state index is -0.0152. The van der Waals surface area contributed by atoms with Crippen molar-refractivity contribution in [2.45, 2.75) is 33.3 Å². The van der Waals surface area contributed by atoms with Crippen LogP contribution in [0.4, 0.5) is 0 Å². The SMILES string of the molecule is COc1ccc(/C=C/C(=O)c2ccc(C(C)C)cc2)cc1COc1ccc(C)cc1. The van der Waals surface area contributed by atoms with Gasteiger partial charge in [0.25, 0.3) is 0 Å². The molecule has 0 aliphatic rings. The van der Waals surface area contributed by atoms with E-state index in [0.717, 1.165) is 22.6 Å². The van der Waals surface area contributed by atoms with Gasteiger partial charge in [-0.15, -0.1) is 0 Å². The van der Waals surface area contributed by atoms with E-state index in [0.29, 0.717) is 18.1 Å². The lowest BCUT2D eigenvalue weighted by Crippen LogP contribution is -1.99. The first-order chi connectivity index (χ1) is 14.5. The van der Waals surface area contributed by atoms with E-state index >= 15 is 0 Å². The Hall–Kier alpha value is -3.33. The Morgan fingerprint density at radius 1 is 0.967 bits per heavy atom. The normalized spacial score (nSPS) is 11.1. The molecule has 0 saturated carbocycles. The molecule has 0 N–H and O–H groups in total. The number of ether oxygens (including phenoxy) is 2. The van der Waals surface area contributed by atoms with Crippen molar-refractivity contribution in [3.8, 4) is 11.5 Å². The van der Waals surface area contributed by atoms with E-state index in [4.69, 9.17) is 9.47 Å². The fourth-order valence-electron chi connectivity index (χ4n) is 3.11. The van der Waals surface area contributed by atoms with Crippen LogP contribution in [0.3, 0.4) is 0 Å². The Balaban J connectivity index is 1.71. The summed E-state index contributed by atoms with van der Waals surface area (Å²) in [5, 5.41) is 0. The molecule has 3 heteroatoms. The van der Waals surface area contributed by atoms with Crippen LogP contribution in [0.1, 0.15) is 52.4 Å². The first-order valence-corrected chi connectivity index (χ1v) is 10.1. The molecule has 0 fully saturated rings. The third-order valence-corrected chi connectivity index (χ3v) is 5.01. The van der Waals surface area contributed by atoms with Gasteiger partial charge >= 0.3 is 0 Å². The Bertz CT molecular complexity index is 1010. The van der Waals surface area contributed by atoms with E-state index in [9.17, 15) is 4.79 Å². The fraction of sp³-hybridized carbons (Fsp3) is 0.222. The molecule has 0 amide bonds. The monoisotopic (exact) mass is 400 g/mol.